The van der Waals surface area contributed by atoms with Crippen LogP contribution in [0, 0.1) is 12.3 Å². The average Bonchev–Trinajstić information content (AvgIpc) is 3.10. The minimum atomic E-state index is -0.876. The van der Waals surface area contributed by atoms with E-state index < -0.39 is 11.4 Å². The Morgan fingerprint density at radius 3 is 2.67 bits per heavy atom. The number of aromatic nitrogens is 3. The van der Waals surface area contributed by atoms with Crippen LogP contribution in [-0.4, -0.2) is 49.7 Å². The summed E-state index contributed by atoms with van der Waals surface area (Å²) < 4.78 is 1.80. The lowest BCUT2D eigenvalue weighted by atomic mass is 9.90. The van der Waals surface area contributed by atoms with Gasteiger partial charge in [-0.25, -0.2) is 9.67 Å². The minimum Gasteiger partial charge on any atom is -0.481 e. The first-order valence-electron chi connectivity index (χ1n) is 8.10. The van der Waals surface area contributed by atoms with Gasteiger partial charge in [-0.15, -0.1) is 0 Å². The van der Waals surface area contributed by atoms with Gasteiger partial charge in [0.25, 0.3) is 5.91 Å². The number of carboxylic acids is 1. The second-order valence-corrected chi connectivity index (χ2v) is 7.07. The van der Waals surface area contributed by atoms with Crippen LogP contribution < -0.4 is 0 Å². The molecule has 1 aliphatic heterocycles. The molecule has 0 spiro atoms. The normalized spacial score (nSPS) is 21.0. The number of amides is 1. The highest BCUT2D eigenvalue weighted by Gasteiger charge is 2.42. The van der Waals surface area contributed by atoms with Gasteiger partial charge >= 0.3 is 5.97 Å². The number of likely N-dealkylation sites (tertiary alicyclic amines) is 1. The molecular weight excluding hydrogens is 308 g/mol. The Balaban J connectivity index is 2.01. The van der Waals surface area contributed by atoms with Crippen molar-refractivity contribution in [2.45, 2.75) is 40.2 Å². The van der Waals surface area contributed by atoms with Gasteiger partial charge in [0.2, 0.25) is 0 Å². The van der Waals surface area contributed by atoms with Crippen molar-refractivity contribution < 1.29 is 14.7 Å². The van der Waals surface area contributed by atoms with Crippen molar-refractivity contribution in [2.75, 3.05) is 13.1 Å². The Kier molecular flexibility index (Phi) is 3.81. The molecule has 1 fully saturated rings. The van der Waals surface area contributed by atoms with Crippen LogP contribution in [0.5, 0.6) is 0 Å². The Morgan fingerprint density at radius 2 is 2.08 bits per heavy atom. The molecule has 1 unspecified atom stereocenters. The molecule has 24 heavy (non-hydrogen) atoms. The first-order valence-corrected chi connectivity index (χ1v) is 8.10. The highest BCUT2D eigenvalue weighted by atomic mass is 16.4. The highest BCUT2D eigenvalue weighted by Crippen LogP contribution is 2.32. The van der Waals surface area contributed by atoms with Crippen LogP contribution in [0.1, 0.15) is 49.3 Å². The third kappa shape index (κ3) is 2.53. The second kappa shape index (κ2) is 5.58. The number of hydrogen-bond acceptors (Lipinski definition) is 4. The lowest BCUT2D eigenvalue weighted by Gasteiger charge is -2.20. The predicted molar refractivity (Wildman–Crippen MR) is 88.9 cm³/mol. The maximum Gasteiger partial charge on any atom is 0.311 e. The van der Waals surface area contributed by atoms with Gasteiger partial charge < -0.3 is 10.0 Å². The zero-order chi connectivity index (χ0) is 17.6. The van der Waals surface area contributed by atoms with Crippen molar-refractivity contribution in [1.82, 2.24) is 19.7 Å². The van der Waals surface area contributed by atoms with Crippen molar-refractivity contribution in [2.24, 2.45) is 5.41 Å². The van der Waals surface area contributed by atoms with Gasteiger partial charge in [-0.2, -0.15) is 5.10 Å². The molecular formula is C17H22N4O3. The first-order chi connectivity index (χ1) is 11.2. The number of nitrogens with zero attached hydrogens (tertiary/aromatic N) is 4. The highest BCUT2D eigenvalue weighted by molar-refractivity contribution is 6.05. The first kappa shape index (κ1) is 16.4. The van der Waals surface area contributed by atoms with Crippen LogP contribution in [0.15, 0.2) is 12.3 Å². The molecule has 3 heterocycles. The number of carbonyl (C=O) groups is 2. The summed E-state index contributed by atoms with van der Waals surface area (Å²) in [5, 5.41) is 14.4. The zero-order valence-electron chi connectivity index (χ0n) is 14.4. The maximum absolute atomic E-state index is 13.0. The summed E-state index contributed by atoms with van der Waals surface area (Å²) in [6.07, 6.45) is 2.13. The number of carboxylic acid groups (broad SMARTS) is 1. The van der Waals surface area contributed by atoms with Gasteiger partial charge in [0.05, 0.1) is 22.6 Å². The van der Waals surface area contributed by atoms with Crippen LogP contribution in [0.2, 0.25) is 0 Å². The summed E-state index contributed by atoms with van der Waals surface area (Å²) >= 11 is 0. The van der Waals surface area contributed by atoms with Gasteiger partial charge in [0, 0.05) is 24.8 Å². The number of carbonyl (C=O) groups excluding carboxylic acids is 1. The van der Waals surface area contributed by atoms with Crippen LogP contribution in [0.3, 0.4) is 0 Å². The van der Waals surface area contributed by atoms with Crippen molar-refractivity contribution in [1.29, 1.82) is 0 Å². The molecule has 1 aliphatic rings. The van der Waals surface area contributed by atoms with Crippen molar-refractivity contribution in [3.8, 4) is 0 Å². The molecule has 1 amide bonds. The molecule has 2 aromatic heterocycles. The smallest absolute Gasteiger partial charge is 0.311 e. The lowest BCUT2D eigenvalue weighted by molar-refractivity contribution is -0.147. The predicted octanol–water partition coefficient (Wildman–Crippen LogP) is 2.26. The third-order valence-electron chi connectivity index (χ3n) is 4.69. The standard InChI is InChI=1S/C17H22N4O3/c1-10(2)21-14-13(8-18-21)12(7-11(3)19-14)15(22)20-6-5-17(4,9-20)16(23)24/h7-8,10H,5-6,9H2,1-4H3,(H,23,24). The summed E-state index contributed by atoms with van der Waals surface area (Å²) in [6.45, 7) is 8.23. The Hall–Kier alpha value is -2.44. The quantitative estimate of drug-likeness (QED) is 0.932. The molecule has 0 aromatic carbocycles. The topological polar surface area (TPSA) is 88.3 Å². The Labute approximate surface area is 140 Å². The molecule has 0 saturated carbocycles. The molecule has 7 heteroatoms. The average molecular weight is 330 g/mol. The van der Waals surface area contributed by atoms with E-state index in [4.69, 9.17) is 0 Å². The van der Waals surface area contributed by atoms with Gasteiger partial charge in [-0.1, -0.05) is 0 Å². The largest absolute Gasteiger partial charge is 0.481 e. The van der Waals surface area contributed by atoms with E-state index in [1.807, 2.05) is 20.8 Å². The molecule has 0 bridgehead atoms. The van der Waals surface area contributed by atoms with Gasteiger partial charge in [0.15, 0.2) is 5.65 Å². The Bertz CT molecular complexity index is 827. The fourth-order valence-electron chi connectivity index (χ4n) is 3.18. The lowest BCUT2D eigenvalue weighted by Crippen LogP contribution is -2.35. The number of aryl methyl sites for hydroxylation is 1. The fraction of sp³-hybridized carbons (Fsp3) is 0.529. The van der Waals surface area contributed by atoms with Gasteiger partial charge in [-0.3, -0.25) is 9.59 Å². The van der Waals surface area contributed by atoms with Crippen LogP contribution in [0.25, 0.3) is 11.0 Å². The molecule has 0 aliphatic carbocycles. The summed E-state index contributed by atoms with van der Waals surface area (Å²) in [5.41, 5.74) is 1.10. The number of pyridine rings is 1. The number of hydrogen-bond donors (Lipinski definition) is 1. The summed E-state index contributed by atoms with van der Waals surface area (Å²) in [7, 11) is 0. The summed E-state index contributed by atoms with van der Waals surface area (Å²) in [4.78, 5) is 30.5. The van der Waals surface area contributed by atoms with Gasteiger partial charge in [0.1, 0.15) is 0 Å². The third-order valence-corrected chi connectivity index (χ3v) is 4.69. The second-order valence-electron chi connectivity index (χ2n) is 7.07. The van der Waals surface area contributed by atoms with Crippen molar-refractivity contribution in [3.63, 3.8) is 0 Å². The van der Waals surface area contributed by atoms with E-state index in [0.29, 0.717) is 29.6 Å². The van der Waals surface area contributed by atoms with E-state index in [1.54, 1.807) is 28.8 Å². The molecule has 1 atom stereocenters. The van der Waals surface area contributed by atoms with E-state index in [9.17, 15) is 14.7 Å². The molecule has 7 nitrogen and oxygen atoms in total. The van der Waals surface area contributed by atoms with E-state index >= 15 is 0 Å². The molecule has 2 aromatic rings. The fourth-order valence-corrected chi connectivity index (χ4v) is 3.18. The SMILES string of the molecule is Cc1cc(C(=O)N2CCC(C)(C(=O)O)C2)c2cnn(C(C)C)c2n1. The number of aliphatic carboxylic acids is 1. The number of fused-ring (bicyclic) bond motifs is 1. The molecule has 128 valence electrons. The molecule has 3 rings (SSSR count). The van der Waals surface area contributed by atoms with Crippen LogP contribution in [0.4, 0.5) is 0 Å². The minimum absolute atomic E-state index is 0.141. The molecule has 0 radical (unpaired) electrons. The Morgan fingerprint density at radius 1 is 1.38 bits per heavy atom. The van der Waals surface area contributed by atoms with E-state index in [-0.39, 0.29) is 18.5 Å². The van der Waals surface area contributed by atoms with Crippen molar-refractivity contribution in [3.05, 3.63) is 23.5 Å². The monoisotopic (exact) mass is 330 g/mol. The van der Waals surface area contributed by atoms with Crippen LogP contribution in [-0.2, 0) is 4.79 Å². The van der Waals surface area contributed by atoms with Crippen LogP contribution >= 0.6 is 0 Å². The number of rotatable bonds is 3. The van der Waals surface area contributed by atoms with E-state index in [2.05, 4.69) is 10.1 Å². The maximum atomic E-state index is 13.0. The summed E-state index contributed by atoms with van der Waals surface area (Å²) in [6, 6.07) is 1.90. The van der Waals surface area contributed by atoms with E-state index in [1.165, 1.54) is 0 Å². The van der Waals surface area contributed by atoms with Gasteiger partial charge in [-0.05, 0) is 40.2 Å². The van der Waals surface area contributed by atoms with E-state index in [0.717, 1.165) is 5.69 Å². The van der Waals surface area contributed by atoms with Crippen molar-refractivity contribution >= 4 is 22.9 Å². The molecule has 1 saturated heterocycles. The zero-order valence-corrected chi connectivity index (χ0v) is 14.4. The molecule has 1 N–H and O–H groups in total. The summed E-state index contributed by atoms with van der Waals surface area (Å²) in [5.74, 6) is -1.01.